The van der Waals surface area contributed by atoms with Crippen LogP contribution in [-0.2, 0) is 23.4 Å². The number of carbonyl (C=O) groups excluding carboxylic acids is 1. The lowest BCUT2D eigenvalue weighted by molar-refractivity contribution is -0.118. The molecule has 4 N–H and O–H groups in total. The number of thioether (sulfide) groups is 1. The first-order valence-electron chi connectivity index (χ1n) is 8.75. The van der Waals surface area contributed by atoms with Gasteiger partial charge in [0.15, 0.2) is 0 Å². The minimum Gasteiger partial charge on any atom is -0.354 e. The third-order valence-electron chi connectivity index (χ3n) is 4.86. The number of aryl methyl sites for hydroxylation is 2. The number of halogens is 1. The lowest BCUT2D eigenvalue weighted by Gasteiger charge is -2.11. The Bertz CT molecular complexity index is 862. The normalized spacial score (nSPS) is 17.0. The molecule has 4 rings (SSSR count). The molecule has 2 heterocycles. The predicted octanol–water partition coefficient (Wildman–Crippen LogP) is 1.98. The molecule has 2 aliphatic carbocycles. The van der Waals surface area contributed by atoms with Crippen LogP contribution in [0.15, 0.2) is 4.79 Å². The molecule has 1 fully saturated rings. The Morgan fingerprint density at radius 3 is 3.00 bits per heavy atom. The first-order valence-corrected chi connectivity index (χ1v) is 10.7. The number of carbonyl (C=O) groups is 1. The number of aromatic nitrogens is 2. The molecule has 9 heteroatoms. The molecule has 0 bridgehead atoms. The standard InChI is InChI=1S/C17H22N4O2S2.ClH/c18-11(9-4-5-9)6-19-14(22)8-24-7-13-20-16(23)15-10-2-1-3-12(10)25-17(15)21-13;/h9,11H,1-8,18H2,(H,19,22)(H,20,21,23);1H. The summed E-state index contributed by atoms with van der Waals surface area (Å²) < 4.78 is 0. The van der Waals surface area contributed by atoms with Crippen molar-refractivity contribution in [2.45, 2.75) is 43.9 Å². The Labute approximate surface area is 166 Å². The monoisotopic (exact) mass is 414 g/mol. The van der Waals surface area contributed by atoms with Crippen LogP contribution in [0.2, 0.25) is 0 Å². The molecule has 0 spiro atoms. The minimum absolute atomic E-state index is 0. The second-order valence-corrected chi connectivity index (χ2v) is 8.92. The van der Waals surface area contributed by atoms with E-state index in [0.717, 1.165) is 29.5 Å². The van der Waals surface area contributed by atoms with E-state index in [2.05, 4.69) is 15.3 Å². The Morgan fingerprint density at radius 1 is 1.42 bits per heavy atom. The molecular formula is C17H23ClN4O2S2. The average Bonchev–Trinajstić information content (AvgIpc) is 3.23. The summed E-state index contributed by atoms with van der Waals surface area (Å²) in [7, 11) is 0. The van der Waals surface area contributed by atoms with Crippen molar-refractivity contribution >= 4 is 51.6 Å². The van der Waals surface area contributed by atoms with Gasteiger partial charge in [-0.25, -0.2) is 4.98 Å². The predicted molar refractivity (Wildman–Crippen MR) is 109 cm³/mol. The van der Waals surface area contributed by atoms with Gasteiger partial charge in [-0.2, -0.15) is 0 Å². The molecule has 1 amide bonds. The summed E-state index contributed by atoms with van der Waals surface area (Å²) >= 11 is 3.10. The molecule has 0 radical (unpaired) electrons. The zero-order valence-electron chi connectivity index (χ0n) is 14.4. The van der Waals surface area contributed by atoms with Crippen molar-refractivity contribution in [2.24, 2.45) is 11.7 Å². The Morgan fingerprint density at radius 2 is 2.23 bits per heavy atom. The number of nitrogens with two attached hydrogens (primary N) is 1. The van der Waals surface area contributed by atoms with E-state index in [1.807, 2.05) is 0 Å². The number of amides is 1. The van der Waals surface area contributed by atoms with E-state index in [4.69, 9.17) is 5.73 Å². The maximum Gasteiger partial charge on any atom is 0.259 e. The van der Waals surface area contributed by atoms with Gasteiger partial charge in [-0.1, -0.05) is 0 Å². The molecule has 6 nitrogen and oxygen atoms in total. The highest BCUT2D eigenvalue weighted by molar-refractivity contribution is 7.99. The zero-order valence-corrected chi connectivity index (χ0v) is 16.8. The molecule has 2 aliphatic rings. The summed E-state index contributed by atoms with van der Waals surface area (Å²) in [6.45, 7) is 0.547. The Kier molecular flexibility index (Phi) is 6.27. The largest absolute Gasteiger partial charge is 0.354 e. The van der Waals surface area contributed by atoms with Crippen LogP contribution in [0, 0.1) is 5.92 Å². The van der Waals surface area contributed by atoms with Crippen LogP contribution in [0.5, 0.6) is 0 Å². The summed E-state index contributed by atoms with van der Waals surface area (Å²) in [6.07, 6.45) is 5.53. The van der Waals surface area contributed by atoms with E-state index in [0.29, 0.717) is 29.8 Å². The summed E-state index contributed by atoms with van der Waals surface area (Å²) in [6, 6.07) is 0.0789. The number of fused-ring (bicyclic) bond motifs is 3. The van der Waals surface area contributed by atoms with Gasteiger partial charge in [-0.15, -0.1) is 35.5 Å². The molecule has 2 aromatic heterocycles. The van der Waals surface area contributed by atoms with E-state index in [1.165, 1.54) is 35.0 Å². The number of H-pyrrole nitrogens is 1. The van der Waals surface area contributed by atoms with Crippen molar-refractivity contribution in [2.75, 3.05) is 12.3 Å². The molecule has 1 saturated carbocycles. The van der Waals surface area contributed by atoms with Gasteiger partial charge in [0.05, 0.1) is 16.9 Å². The van der Waals surface area contributed by atoms with Crippen molar-refractivity contribution in [3.8, 4) is 0 Å². The van der Waals surface area contributed by atoms with Gasteiger partial charge < -0.3 is 16.0 Å². The van der Waals surface area contributed by atoms with Crippen LogP contribution in [0.25, 0.3) is 10.2 Å². The van der Waals surface area contributed by atoms with Gasteiger partial charge in [0.1, 0.15) is 10.7 Å². The van der Waals surface area contributed by atoms with Crippen molar-refractivity contribution in [1.29, 1.82) is 0 Å². The number of aromatic amines is 1. The molecular weight excluding hydrogens is 392 g/mol. The Balaban J connectivity index is 0.00000196. The van der Waals surface area contributed by atoms with E-state index in [-0.39, 0.29) is 29.9 Å². The topological polar surface area (TPSA) is 101 Å². The van der Waals surface area contributed by atoms with Crippen LogP contribution >= 0.6 is 35.5 Å². The molecule has 2 aromatic rings. The maximum atomic E-state index is 12.4. The van der Waals surface area contributed by atoms with Gasteiger partial charge in [0, 0.05) is 17.5 Å². The first-order chi connectivity index (χ1) is 12.1. The number of nitrogens with zero attached hydrogens (tertiary/aromatic N) is 1. The fourth-order valence-electron chi connectivity index (χ4n) is 3.33. The second-order valence-electron chi connectivity index (χ2n) is 6.85. The third kappa shape index (κ3) is 4.24. The van der Waals surface area contributed by atoms with Crippen molar-refractivity contribution in [3.05, 3.63) is 26.6 Å². The maximum absolute atomic E-state index is 12.4. The van der Waals surface area contributed by atoms with Crippen LogP contribution in [0.1, 0.15) is 35.5 Å². The Hall–Kier alpha value is -1.09. The third-order valence-corrected chi connectivity index (χ3v) is 6.99. The summed E-state index contributed by atoms with van der Waals surface area (Å²) in [4.78, 5) is 33.9. The van der Waals surface area contributed by atoms with Gasteiger partial charge in [0.25, 0.3) is 5.56 Å². The van der Waals surface area contributed by atoms with Crippen LogP contribution in [0.3, 0.4) is 0 Å². The molecule has 0 saturated heterocycles. The molecule has 142 valence electrons. The number of thiophene rings is 1. The number of hydrogen-bond acceptors (Lipinski definition) is 6. The highest BCUT2D eigenvalue weighted by Gasteiger charge is 2.28. The minimum atomic E-state index is -0.0418. The summed E-state index contributed by atoms with van der Waals surface area (Å²) in [5, 5.41) is 3.66. The zero-order chi connectivity index (χ0) is 17.4. The highest BCUT2D eigenvalue weighted by Crippen LogP contribution is 2.34. The fraction of sp³-hybridized carbons (Fsp3) is 0.588. The molecule has 0 aromatic carbocycles. The van der Waals surface area contributed by atoms with Crippen LogP contribution in [-0.4, -0.2) is 34.2 Å². The van der Waals surface area contributed by atoms with Gasteiger partial charge in [0.2, 0.25) is 5.91 Å². The molecule has 0 aliphatic heterocycles. The van der Waals surface area contributed by atoms with Crippen molar-refractivity contribution in [1.82, 2.24) is 15.3 Å². The van der Waals surface area contributed by atoms with Crippen LogP contribution < -0.4 is 16.6 Å². The van der Waals surface area contributed by atoms with E-state index < -0.39 is 0 Å². The molecule has 26 heavy (non-hydrogen) atoms. The second kappa shape index (κ2) is 8.29. The van der Waals surface area contributed by atoms with Crippen LogP contribution in [0.4, 0.5) is 0 Å². The quantitative estimate of drug-likeness (QED) is 0.643. The number of hydrogen-bond donors (Lipinski definition) is 3. The lowest BCUT2D eigenvalue weighted by Crippen LogP contribution is -2.39. The molecule has 1 unspecified atom stereocenters. The fourth-order valence-corrected chi connectivity index (χ4v) is 5.33. The SMILES string of the molecule is Cl.NC(CNC(=O)CSCc1nc2sc3c(c2c(=O)[nH]1)CCC3)C1CC1. The first kappa shape index (κ1) is 19.7. The summed E-state index contributed by atoms with van der Waals surface area (Å²) in [5.74, 6) is 2.08. The summed E-state index contributed by atoms with van der Waals surface area (Å²) in [5.41, 5.74) is 7.13. The van der Waals surface area contributed by atoms with Crippen molar-refractivity contribution in [3.63, 3.8) is 0 Å². The van der Waals surface area contributed by atoms with E-state index in [9.17, 15) is 9.59 Å². The number of rotatable bonds is 7. The molecule has 1 atom stereocenters. The van der Waals surface area contributed by atoms with E-state index >= 15 is 0 Å². The van der Waals surface area contributed by atoms with E-state index in [1.54, 1.807) is 11.3 Å². The number of nitrogens with one attached hydrogen (secondary N) is 2. The van der Waals surface area contributed by atoms with Gasteiger partial charge >= 0.3 is 0 Å². The lowest BCUT2D eigenvalue weighted by atomic mass is 10.2. The smallest absolute Gasteiger partial charge is 0.259 e. The van der Waals surface area contributed by atoms with Gasteiger partial charge in [-0.05, 0) is 43.6 Å². The van der Waals surface area contributed by atoms with Crippen molar-refractivity contribution < 1.29 is 4.79 Å². The van der Waals surface area contributed by atoms with Gasteiger partial charge in [-0.3, -0.25) is 9.59 Å². The highest BCUT2D eigenvalue weighted by atomic mass is 35.5. The average molecular weight is 415 g/mol.